The molecular formula is C8H7NO6S. The molecule has 0 radical (unpaired) electrons. The zero-order valence-electron chi connectivity index (χ0n) is 7.75. The first-order valence-corrected chi connectivity index (χ1v) is 5.42. The van der Waals surface area contributed by atoms with Gasteiger partial charge in [-0.15, -0.1) is 0 Å². The smallest absolute Gasteiger partial charge is 0.337 e. The lowest BCUT2D eigenvalue weighted by atomic mass is 10.1. The fourth-order valence-corrected chi connectivity index (χ4v) is 2.10. The Morgan fingerprint density at radius 1 is 1.06 bits per heavy atom. The summed E-state index contributed by atoms with van der Waals surface area (Å²) >= 11 is 0. The molecule has 16 heavy (non-hydrogen) atoms. The van der Waals surface area contributed by atoms with Gasteiger partial charge in [0.15, 0.2) is 0 Å². The number of carbonyl (C=O) groups is 2. The van der Waals surface area contributed by atoms with Crippen LogP contribution < -0.4 is 5.14 Å². The van der Waals surface area contributed by atoms with Crippen molar-refractivity contribution >= 4 is 22.0 Å². The van der Waals surface area contributed by atoms with Crippen molar-refractivity contribution in [1.29, 1.82) is 0 Å². The first-order chi connectivity index (χ1) is 7.25. The summed E-state index contributed by atoms with van der Waals surface area (Å²) < 4.78 is 22.3. The van der Waals surface area contributed by atoms with Crippen LogP contribution in [0.3, 0.4) is 0 Å². The second-order valence-corrected chi connectivity index (χ2v) is 4.34. The Balaban J connectivity index is 3.75. The average molecular weight is 245 g/mol. The highest BCUT2D eigenvalue weighted by Crippen LogP contribution is 2.19. The summed E-state index contributed by atoms with van der Waals surface area (Å²) in [6, 6.07) is 3.06. The van der Waals surface area contributed by atoms with Crippen LogP contribution in [0.15, 0.2) is 23.1 Å². The monoisotopic (exact) mass is 245 g/mol. The van der Waals surface area contributed by atoms with Gasteiger partial charge in [0.25, 0.3) is 0 Å². The van der Waals surface area contributed by atoms with E-state index in [2.05, 4.69) is 0 Å². The van der Waals surface area contributed by atoms with E-state index in [1.54, 1.807) is 0 Å². The number of rotatable bonds is 3. The lowest BCUT2D eigenvalue weighted by Gasteiger charge is -2.06. The topological polar surface area (TPSA) is 135 Å². The van der Waals surface area contributed by atoms with Gasteiger partial charge < -0.3 is 10.2 Å². The van der Waals surface area contributed by atoms with Crippen molar-refractivity contribution in [3.8, 4) is 0 Å². The summed E-state index contributed by atoms with van der Waals surface area (Å²) in [5.74, 6) is -3.13. The third-order valence-electron chi connectivity index (χ3n) is 1.76. The number of carboxylic acid groups (broad SMARTS) is 2. The first-order valence-electron chi connectivity index (χ1n) is 3.87. The summed E-state index contributed by atoms with van der Waals surface area (Å²) in [6.45, 7) is 0. The number of carboxylic acids is 2. The van der Waals surface area contributed by atoms with Crippen LogP contribution in [-0.2, 0) is 10.0 Å². The predicted octanol–water partition coefficient (Wildman–Crippen LogP) is -0.270. The van der Waals surface area contributed by atoms with Crippen LogP contribution in [0, 0.1) is 0 Å². The minimum atomic E-state index is -4.42. The maximum absolute atomic E-state index is 11.1. The maximum Gasteiger partial charge on any atom is 0.337 e. The quantitative estimate of drug-likeness (QED) is 0.670. The molecule has 0 fully saturated rings. The van der Waals surface area contributed by atoms with E-state index in [0.717, 1.165) is 18.2 Å². The Bertz CT molecular complexity index is 530. The zero-order chi connectivity index (χ0) is 12.5. The summed E-state index contributed by atoms with van der Waals surface area (Å²) in [5.41, 5.74) is -1.33. The van der Waals surface area contributed by atoms with Crippen LogP contribution in [0.5, 0.6) is 0 Å². The highest BCUT2D eigenvalue weighted by Gasteiger charge is 2.25. The predicted molar refractivity (Wildman–Crippen MR) is 51.7 cm³/mol. The molecule has 0 spiro atoms. The van der Waals surface area contributed by atoms with E-state index in [-0.39, 0.29) is 0 Å². The summed E-state index contributed by atoms with van der Waals surface area (Å²) in [5, 5.41) is 22.2. The number of sulfonamides is 1. The molecule has 0 aliphatic carbocycles. The molecule has 0 atom stereocenters. The molecule has 0 aliphatic rings. The SMILES string of the molecule is NS(=O)(=O)c1c(C(=O)O)cccc1C(=O)O. The van der Waals surface area contributed by atoms with Crippen molar-refractivity contribution < 1.29 is 28.2 Å². The second kappa shape index (κ2) is 3.91. The zero-order valence-corrected chi connectivity index (χ0v) is 8.56. The van der Waals surface area contributed by atoms with Gasteiger partial charge in [-0.1, -0.05) is 6.07 Å². The van der Waals surface area contributed by atoms with Crippen molar-refractivity contribution in [3.05, 3.63) is 29.3 Å². The van der Waals surface area contributed by atoms with Gasteiger partial charge in [0.05, 0.1) is 11.1 Å². The summed E-state index contributed by atoms with van der Waals surface area (Å²) in [7, 11) is -4.42. The molecular weight excluding hydrogens is 238 g/mol. The average Bonchev–Trinajstić information content (AvgIpc) is 2.15. The molecule has 4 N–H and O–H groups in total. The van der Waals surface area contributed by atoms with Crippen LogP contribution in [0.1, 0.15) is 20.7 Å². The third-order valence-corrected chi connectivity index (χ3v) is 2.77. The molecule has 8 heteroatoms. The van der Waals surface area contributed by atoms with E-state index >= 15 is 0 Å². The summed E-state index contributed by atoms with van der Waals surface area (Å²) in [4.78, 5) is 20.6. The standard InChI is InChI=1S/C8H7NO6S/c9-16(14,15)6-4(7(10)11)2-1-3-5(6)8(12)13/h1-3H,(H,10,11)(H,12,13)(H2,9,14,15). The number of hydrogen-bond acceptors (Lipinski definition) is 4. The summed E-state index contributed by atoms with van der Waals surface area (Å²) in [6.07, 6.45) is 0. The van der Waals surface area contributed by atoms with E-state index in [9.17, 15) is 18.0 Å². The van der Waals surface area contributed by atoms with E-state index in [1.165, 1.54) is 0 Å². The van der Waals surface area contributed by atoms with Gasteiger partial charge in [0, 0.05) is 0 Å². The van der Waals surface area contributed by atoms with Gasteiger partial charge in [-0.3, -0.25) is 0 Å². The van der Waals surface area contributed by atoms with Crippen molar-refractivity contribution in [3.63, 3.8) is 0 Å². The Morgan fingerprint density at radius 2 is 1.44 bits per heavy atom. The molecule has 1 aromatic rings. The van der Waals surface area contributed by atoms with Gasteiger partial charge in [-0.2, -0.15) is 0 Å². The second-order valence-electron chi connectivity index (χ2n) is 2.84. The number of aromatic carboxylic acids is 2. The van der Waals surface area contributed by atoms with Gasteiger partial charge >= 0.3 is 11.9 Å². The van der Waals surface area contributed by atoms with Gasteiger partial charge in [-0.05, 0) is 12.1 Å². The molecule has 0 heterocycles. The van der Waals surface area contributed by atoms with Gasteiger partial charge in [-0.25, -0.2) is 23.1 Å². The van der Waals surface area contributed by atoms with Crippen LogP contribution >= 0.6 is 0 Å². The fourth-order valence-electron chi connectivity index (χ4n) is 1.18. The third kappa shape index (κ3) is 2.18. The van der Waals surface area contributed by atoms with Crippen molar-refractivity contribution in [1.82, 2.24) is 0 Å². The number of hydrogen-bond donors (Lipinski definition) is 3. The maximum atomic E-state index is 11.1. The number of benzene rings is 1. The lowest BCUT2D eigenvalue weighted by Crippen LogP contribution is -2.20. The lowest BCUT2D eigenvalue weighted by molar-refractivity contribution is 0.0689. The van der Waals surface area contributed by atoms with E-state index < -0.39 is 38.0 Å². The van der Waals surface area contributed by atoms with Crippen LogP contribution in [0.2, 0.25) is 0 Å². The Kier molecular flexibility index (Phi) is 2.97. The molecule has 7 nitrogen and oxygen atoms in total. The molecule has 0 aliphatic heterocycles. The van der Waals surface area contributed by atoms with Crippen molar-refractivity contribution in [2.75, 3.05) is 0 Å². The molecule has 0 aromatic heterocycles. The molecule has 1 rings (SSSR count). The fraction of sp³-hybridized carbons (Fsp3) is 0. The molecule has 0 bridgehead atoms. The van der Waals surface area contributed by atoms with Crippen molar-refractivity contribution in [2.24, 2.45) is 5.14 Å². The van der Waals surface area contributed by atoms with E-state index in [0.29, 0.717) is 0 Å². The Labute approximate surface area is 90.2 Å². The van der Waals surface area contributed by atoms with Gasteiger partial charge in [0.1, 0.15) is 4.90 Å². The minimum Gasteiger partial charge on any atom is -0.478 e. The van der Waals surface area contributed by atoms with Crippen LogP contribution in [0.25, 0.3) is 0 Å². The van der Waals surface area contributed by atoms with E-state index in [1.807, 2.05) is 0 Å². The van der Waals surface area contributed by atoms with E-state index in [4.69, 9.17) is 15.4 Å². The highest BCUT2D eigenvalue weighted by atomic mass is 32.2. The Morgan fingerprint density at radius 3 is 1.69 bits per heavy atom. The van der Waals surface area contributed by atoms with Crippen LogP contribution in [-0.4, -0.2) is 30.6 Å². The molecule has 86 valence electrons. The highest BCUT2D eigenvalue weighted by molar-refractivity contribution is 7.89. The van der Waals surface area contributed by atoms with Crippen LogP contribution in [0.4, 0.5) is 0 Å². The molecule has 0 unspecified atom stereocenters. The Hall–Kier alpha value is -1.93. The minimum absolute atomic E-state index is 0.664. The molecule has 0 amide bonds. The van der Waals surface area contributed by atoms with Gasteiger partial charge in [0.2, 0.25) is 10.0 Å². The van der Waals surface area contributed by atoms with Crippen molar-refractivity contribution in [2.45, 2.75) is 4.90 Å². The number of nitrogens with two attached hydrogens (primary N) is 1. The largest absolute Gasteiger partial charge is 0.478 e. The molecule has 0 saturated carbocycles. The molecule has 0 saturated heterocycles. The number of primary sulfonamides is 1. The molecule has 1 aromatic carbocycles. The normalized spacial score (nSPS) is 11.1. The first kappa shape index (κ1) is 12.1.